The van der Waals surface area contributed by atoms with Crippen molar-refractivity contribution in [2.45, 2.75) is 52.5 Å². The Balaban J connectivity index is 0.00000361. The van der Waals surface area contributed by atoms with Gasteiger partial charge in [-0.05, 0) is 19.8 Å². The first-order valence-electron chi connectivity index (χ1n) is 7.53. The fourth-order valence-electron chi connectivity index (χ4n) is 2.19. The summed E-state index contributed by atoms with van der Waals surface area (Å²) in [6.45, 7) is 9.53. The molecule has 0 bridgehead atoms. The molecule has 0 aliphatic carbocycles. The number of amides is 1. The van der Waals surface area contributed by atoms with Gasteiger partial charge < -0.3 is 15.5 Å². The molecule has 1 rings (SSSR count). The van der Waals surface area contributed by atoms with E-state index in [0.29, 0.717) is 12.5 Å². The molecule has 1 aliphatic heterocycles. The summed E-state index contributed by atoms with van der Waals surface area (Å²) in [6.07, 6.45) is 3.87. The highest BCUT2D eigenvalue weighted by Gasteiger charge is 2.25. The van der Waals surface area contributed by atoms with Crippen molar-refractivity contribution in [1.82, 2.24) is 15.5 Å². The molecule has 1 unspecified atom stereocenters. The molecule has 1 heterocycles. The van der Waals surface area contributed by atoms with Crippen LogP contribution in [0.2, 0.25) is 0 Å². The Hall–Kier alpha value is -0.530. The lowest BCUT2D eigenvalue weighted by molar-refractivity contribution is -0.129. The highest BCUT2D eigenvalue weighted by Crippen LogP contribution is 2.10. The molecule has 0 spiro atoms. The normalized spacial score (nSPS) is 18.6. The Morgan fingerprint density at radius 3 is 2.70 bits per heavy atom. The summed E-state index contributed by atoms with van der Waals surface area (Å²) in [5.41, 5.74) is 0. The number of likely N-dealkylation sites (tertiary alicyclic amines) is 1. The predicted octanol–water partition coefficient (Wildman–Crippen LogP) is 1.97. The maximum Gasteiger partial charge on any atom is 0.222 e. The molecule has 1 atom stereocenters. The van der Waals surface area contributed by atoms with Crippen LogP contribution in [0.25, 0.3) is 0 Å². The second kappa shape index (κ2) is 11.2. The predicted molar refractivity (Wildman–Crippen MR) is 94.7 cm³/mol. The summed E-state index contributed by atoms with van der Waals surface area (Å²) in [4.78, 5) is 18.1. The summed E-state index contributed by atoms with van der Waals surface area (Å²) in [7, 11) is 0. The van der Waals surface area contributed by atoms with Crippen LogP contribution in [0.15, 0.2) is 4.99 Å². The van der Waals surface area contributed by atoms with Crippen molar-refractivity contribution < 1.29 is 4.79 Å². The first-order chi connectivity index (χ1) is 9.21. The van der Waals surface area contributed by atoms with Crippen molar-refractivity contribution in [2.75, 3.05) is 26.2 Å². The number of carbonyl (C=O) groups is 1. The van der Waals surface area contributed by atoms with Crippen molar-refractivity contribution in [3.63, 3.8) is 0 Å². The molecule has 0 aromatic rings. The lowest BCUT2D eigenvalue weighted by atomic mass is 10.3. The second-order valence-corrected chi connectivity index (χ2v) is 4.94. The topological polar surface area (TPSA) is 56.7 Å². The number of unbranched alkanes of at least 4 members (excludes halogenated alkanes) is 1. The van der Waals surface area contributed by atoms with Crippen LogP contribution >= 0.6 is 24.0 Å². The Morgan fingerprint density at radius 2 is 2.10 bits per heavy atom. The number of nitrogens with one attached hydrogen (secondary N) is 2. The van der Waals surface area contributed by atoms with Gasteiger partial charge in [-0.1, -0.05) is 20.3 Å². The Bertz CT molecular complexity index is 310. The van der Waals surface area contributed by atoms with Crippen molar-refractivity contribution in [3.05, 3.63) is 0 Å². The van der Waals surface area contributed by atoms with Gasteiger partial charge in [0.25, 0.3) is 0 Å². The third-order valence-electron chi connectivity index (χ3n) is 3.31. The summed E-state index contributed by atoms with van der Waals surface area (Å²) in [6, 6.07) is 0.329. The van der Waals surface area contributed by atoms with Crippen molar-refractivity contribution in [1.29, 1.82) is 0 Å². The summed E-state index contributed by atoms with van der Waals surface area (Å²) in [5.74, 6) is 1.13. The zero-order chi connectivity index (χ0) is 14.1. The van der Waals surface area contributed by atoms with Gasteiger partial charge in [0, 0.05) is 38.6 Å². The van der Waals surface area contributed by atoms with Crippen LogP contribution in [0.3, 0.4) is 0 Å². The Labute approximate surface area is 140 Å². The van der Waals surface area contributed by atoms with Crippen LogP contribution in [0.4, 0.5) is 0 Å². The summed E-state index contributed by atoms with van der Waals surface area (Å²) >= 11 is 0. The van der Waals surface area contributed by atoms with E-state index < -0.39 is 0 Å². The average Bonchev–Trinajstić information content (AvgIpc) is 2.87. The van der Waals surface area contributed by atoms with Gasteiger partial charge in [-0.15, -0.1) is 24.0 Å². The van der Waals surface area contributed by atoms with E-state index in [2.05, 4.69) is 29.5 Å². The van der Waals surface area contributed by atoms with Gasteiger partial charge in [0.15, 0.2) is 5.96 Å². The first kappa shape index (κ1) is 19.5. The van der Waals surface area contributed by atoms with E-state index in [4.69, 9.17) is 0 Å². The van der Waals surface area contributed by atoms with Gasteiger partial charge >= 0.3 is 0 Å². The highest BCUT2D eigenvalue weighted by atomic mass is 127. The molecule has 0 radical (unpaired) electrons. The molecule has 1 saturated heterocycles. The van der Waals surface area contributed by atoms with Crippen molar-refractivity contribution in [3.8, 4) is 0 Å². The molecule has 0 aromatic carbocycles. The molecule has 0 saturated carbocycles. The van der Waals surface area contributed by atoms with Crippen LogP contribution in [0.1, 0.15) is 46.5 Å². The van der Waals surface area contributed by atoms with E-state index in [0.717, 1.165) is 51.4 Å². The lowest BCUT2D eigenvalue weighted by Crippen LogP contribution is -2.45. The fraction of sp³-hybridized carbons (Fsp3) is 0.857. The van der Waals surface area contributed by atoms with Crippen molar-refractivity contribution >= 4 is 35.8 Å². The van der Waals surface area contributed by atoms with E-state index in [1.807, 2.05) is 11.8 Å². The van der Waals surface area contributed by atoms with Crippen LogP contribution in [-0.2, 0) is 4.79 Å². The molecule has 6 heteroatoms. The number of nitrogens with zero attached hydrogens (tertiary/aromatic N) is 2. The summed E-state index contributed by atoms with van der Waals surface area (Å²) in [5, 5.41) is 6.69. The van der Waals surface area contributed by atoms with E-state index in [1.165, 1.54) is 0 Å². The monoisotopic (exact) mass is 396 g/mol. The number of hydrogen-bond acceptors (Lipinski definition) is 2. The van der Waals surface area contributed by atoms with Gasteiger partial charge in [-0.25, -0.2) is 0 Å². The van der Waals surface area contributed by atoms with Gasteiger partial charge in [-0.3, -0.25) is 9.79 Å². The van der Waals surface area contributed by atoms with Gasteiger partial charge in [0.05, 0.1) is 0 Å². The Kier molecular flexibility index (Phi) is 10.9. The highest BCUT2D eigenvalue weighted by molar-refractivity contribution is 14.0. The molecule has 20 heavy (non-hydrogen) atoms. The average molecular weight is 396 g/mol. The lowest BCUT2D eigenvalue weighted by Gasteiger charge is -2.18. The number of rotatable bonds is 6. The quantitative estimate of drug-likeness (QED) is 0.313. The molecule has 2 N–H and O–H groups in total. The number of carbonyl (C=O) groups excluding carboxylic acids is 1. The van der Waals surface area contributed by atoms with Gasteiger partial charge in [0.2, 0.25) is 5.91 Å². The SMILES string of the molecule is CCCCN=C(NCC)NC1CCN(C(=O)CC)C1.I. The van der Waals surface area contributed by atoms with Gasteiger partial charge in [0.1, 0.15) is 0 Å². The molecular weight excluding hydrogens is 367 g/mol. The molecule has 5 nitrogen and oxygen atoms in total. The van der Waals surface area contributed by atoms with E-state index in [9.17, 15) is 4.79 Å². The molecule has 1 fully saturated rings. The largest absolute Gasteiger partial charge is 0.357 e. The number of aliphatic imine (C=N–C) groups is 1. The third-order valence-corrected chi connectivity index (χ3v) is 3.31. The van der Waals surface area contributed by atoms with Crippen molar-refractivity contribution in [2.24, 2.45) is 4.99 Å². The molecule has 118 valence electrons. The smallest absolute Gasteiger partial charge is 0.222 e. The zero-order valence-corrected chi connectivity index (χ0v) is 15.3. The van der Waals surface area contributed by atoms with E-state index >= 15 is 0 Å². The number of hydrogen-bond donors (Lipinski definition) is 2. The molecule has 0 aromatic heterocycles. The number of guanidine groups is 1. The zero-order valence-electron chi connectivity index (χ0n) is 12.9. The maximum absolute atomic E-state index is 11.6. The van der Waals surface area contributed by atoms with Crippen LogP contribution in [0, 0.1) is 0 Å². The summed E-state index contributed by atoms with van der Waals surface area (Å²) < 4.78 is 0. The number of halogens is 1. The minimum Gasteiger partial charge on any atom is -0.357 e. The fourth-order valence-corrected chi connectivity index (χ4v) is 2.19. The van der Waals surface area contributed by atoms with Gasteiger partial charge in [-0.2, -0.15) is 0 Å². The van der Waals surface area contributed by atoms with Crippen LogP contribution in [-0.4, -0.2) is 49.0 Å². The second-order valence-electron chi connectivity index (χ2n) is 4.94. The van der Waals surface area contributed by atoms with Crippen LogP contribution < -0.4 is 10.6 Å². The third kappa shape index (κ3) is 6.76. The van der Waals surface area contributed by atoms with E-state index in [-0.39, 0.29) is 29.9 Å². The molecule has 1 amide bonds. The van der Waals surface area contributed by atoms with Crippen LogP contribution in [0.5, 0.6) is 0 Å². The minimum absolute atomic E-state index is 0. The molecule has 1 aliphatic rings. The maximum atomic E-state index is 11.6. The van der Waals surface area contributed by atoms with E-state index in [1.54, 1.807) is 0 Å². The standard InChI is InChI=1S/C14H28N4O.HI/c1-4-7-9-16-14(15-6-3)17-12-8-10-18(11-12)13(19)5-2;/h12H,4-11H2,1-3H3,(H2,15,16,17);1H. The Morgan fingerprint density at radius 1 is 1.35 bits per heavy atom. The minimum atomic E-state index is 0. The first-order valence-corrected chi connectivity index (χ1v) is 7.53. The molecular formula is C14H29IN4O.